The van der Waals surface area contributed by atoms with Gasteiger partial charge in [-0.05, 0) is 35.9 Å². The SMILES string of the molecule is COc1cccc(C(CNC(=O)c2cccc(Cl)c2)OC)c1. The van der Waals surface area contributed by atoms with E-state index in [4.69, 9.17) is 21.1 Å². The van der Waals surface area contributed by atoms with E-state index in [9.17, 15) is 4.79 Å². The number of amides is 1. The number of carbonyl (C=O) groups excluding carboxylic acids is 1. The molecule has 0 aliphatic rings. The summed E-state index contributed by atoms with van der Waals surface area (Å²) in [4.78, 5) is 12.1. The number of halogens is 1. The summed E-state index contributed by atoms with van der Waals surface area (Å²) in [6.07, 6.45) is -0.252. The lowest BCUT2D eigenvalue weighted by atomic mass is 10.1. The summed E-state index contributed by atoms with van der Waals surface area (Å²) in [6, 6.07) is 14.4. The number of hydrogen-bond donors (Lipinski definition) is 1. The zero-order chi connectivity index (χ0) is 15.9. The molecule has 2 rings (SSSR count). The maximum absolute atomic E-state index is 12.1. The summed E-state index contributed by atoms with van der Waals surface area (Å²) >= 11 is 5.89. The third-order valence-corrected chi connectivity index (χ3v) is 3.52. The summed E-state index contributed by atoms with van der Waals surface area (Å²) < 4.78 is 10.6. The maximum atomic E-state index is 12.1. The van der Waals surface area contributed by atoms with Crippen molar-refractivity contribution in [3.63, 3.8) is 0 Å². The fraction of sp³-hybridized carbons (Fsp3) is 0.235. The first kappa shape index (κ1) is 16.3. The Morgan fingerprint density at radius 3 is 2.64 bits per heavy atom. The van der Waals surface area contributed by atoms with Crippen molar-refractivity contribution < 1.29 is 14.3 Å². The normalized spacial score (nSPS) is 11.8. The maximum Gasteiger partial charge on any atom is 0.251 e. The minimum Gasteiger partial charge on any atom is -0.497 e. The number of methoxy groups -OCH3 is 2. The lowest BCUT2D eigenvalue weighted by Gasteiger charge is -2.17. The summed E-state index contributed by atoms with van der Waals surface area (Å²) in [5, 5.41) is 3.38. The Kier molecular flexibility index (Phi) is 5.81. The van der Waals surface area contributed by atoms with Gasteiger partial charge in [0.2, 0.25) is 0 Å². The molecule has 0 aliphatic carbocycles. The number of ether oxygens (including phenoxy) is 2. The summed E-state index contributed by atoms with van der Waals surface area (Å²) in [7, 11) is 3.22. The van der Waals surface area contributed by atoms with Crippen molar-refractivity contribution in [2.24, 2.45) is 0 Å². The lowest BCUT2D eigenvalue weighted by molar-refractivity contribution is 0.0827. The Balaban J connectivity index is 2.03. The molecule has 5 heteroatoms. The molecule has 1 unspecified atom stereocenters. The van der Waals surface area contributed by atoms with Gasteiger partial charge in [-0.3, -0.25) is 4.79 Å². The standard InChI is InChI=1S/C17H18ClNO3/c1-21-15-8-4-5-12(10-15)16(22-2)11-19-17(20)13-6-3-7-14(18)9-13/h3-10,16H,11H2,1-2H3,(H,19,20). The zero-order valence-electron chi connectivity index (χ0n) is 12.5. The molecule has 0 spiro atoms. The van der Waals surface area contributed by atoms with Crippen LogP contribution >= 0.6 is 11.6 Å². The number of carbonyl (C=O) groups is 1. The van der Waals surface area contributed by atoms with Crippen molar-refractivity contribution in [3.8, 4) is 5.75 Å². The molecule has 2 aromatic rings. The van der Waals surface area contributed by atoms with E-state index in [1.54, 1.807) is 38.5 Å². The minimum atomic E-state index is -0.252. The average Bonchev–Trinajstić information content (AvgIpc) is 2.55. The molecule has 0 aromatic heterocycles. The smallest absolute Gasteiger partial charge is 0.251 e. The van der Waals surface area contributed by atoms with Crippen LogP contribution < -0.4 is 10.1 Å². The molecular weight excluding hydrogens is 302 g/mol. The Hall–Kier alpha value is -2.04. The van der Waals surface area contributed by atoms with Gasteiger partial charge in [-0.25, -0.2) is 0 Å². The van der Waals surface area contributed by atoms with E-state index in [1.165, 1.54) is 0 Å². The molecule has 1 N–H and O–H groups in total. The first-order valence-electron chi connectivity index (χ1n) is 6.84. The minimum absolute atomic E-state index is 0.188. The van der Waals surface area contributed by atoms with E-state index in [2.05, 4.69) is 5.32 Å². The van der Waals surface area contributed by atoms with E-state index in [0.717, 1.165) is 11.3 Å². The Labute approximate surface area is 135 Å². The topological polar surface area (TPSA) is 47.6 Å². The largest absolute Gasteiger partial charge is 0.497 e. The van der Waals surface area contributed by atoms with Crippen LogP contribution in [0, 0.1) is 0 Å². The summed E-state index contributed by atoms with van der Waals surface area (Å²) in [5.41, 5.74) is 1.46. The molecule has 0 bridgehead atoms. The molecule has 0 fully saturated rings. The Morgan fingerprint density at radius 2 is 1.95 bits per heavy atom. The van der Waals surface area contributed by atoms with Crippen LogP contribution in [0.15, 0.2) is 48.5 Å². The highest BCUT2D eigenvalue weighted by Crippen LogP contribution is 2.21. The molecule has 0 saturated heterocycles. The lowest BCUT2D eigenvalue weighted by Crippen LogP contribution is -2.29. The molecule has 4 nitrogen and oxygen atoms in total. The molecule has 0 heterocycles. The van der Waals surface area contributed by atoms with Gasteiger partial charge < -0.3 is 14.8 Å². The van der Waals surface area contributed by atoms with Gasteiger partial charge in [-0.1, -0.05) is 29.8 Å². The van der Waals surface area contributed by atoms with Crippen molar-refractivity contribution in [2.45, 2.75) is 6.10 Å². The second-order valence-corrected chi connectivity index (χ2v) is 5.16. The van der Waals surface area contributed by atoms with Gasteiger partial charge in [0.05, 0.1) is 13.2 Å². The average molecular weight is 320 g/mol. The quantitative estimate of drug-likeness (QED) is 0.887. The van der Waals surface area contributed by atoms with Crippen molar-refractivity contribution in [3.05, 3.63) is 64.7 Å². The van der Waals surface area contributed by atoms with Gasteiger partial charge in [0.15, 0.2) is 0 Å². The molecule has 0 saturated carbocycles. The number of nitrogens with one attached hydrogen (secondary N) is 1. The molecule has 1 atom stereocenters. The molecule has 22 heavy (non-hydrogen) atoms. The highest BCUT2D eigenvalue weighted by molar-refractivity contribution is 6.30. The van der Waals surface area contributed by atoms with Gasteiger partial charge in [-0.15, -0.1) is 0 Å². The number of rotatable bonds is 6. The number of benzene rings is 2. The Morgan fingerprint density at radius 1 is 1.18 bits per heavy atom. The van der Waals surface area contributed by atoms with Crippen LogP contribution in [0.25, 0.3) is 0 Å². The number of hydrogen-bond acceptors (Lipinski definition) is 3. The first-order chi connectivity index (χ1) is 10.6. The van der Waals surface area contributed by atoms with Crippen LogP contribution in [0.4, 0.5) is 0 Å². The van der Waals surface area contributed by atoms with E-state index in [-0.39, 0.29) is 12.0 Å². The summed E-state index contributed by atoms with van der Waals surface area (Å²) in [5.74, 6) is 0.563. The molecule has 2 aromatic carbocycles. The Bertz CT molecular complexity index is 645. The van der Waals surface area contributed by atoms with Crippen LogP contribution in [-0.2, 0) is 4.74 Å². The van der Waals surface area contributed by atoms with E-state index in [0.29, 0.717) is 17.1 Å². The second kappa shape index (κ2) is 7.82. The third kappa shape index (κ3) is 4.23. The molecule has 0 radical (unpaired) electrons. The highest BCUT2D eigenvalue weighted by atomic mass is 35.5. The van der Waals surface area contributed by atoms with Crippen LogP contribution in [0.1, 0.15) is 22.0 Å². The van der Waals surface area contributed by atoms with E-state index >= 15 is 0 Å². The highest BCUT2D eigenvalue weighted by Gasteiger charge is 2.14. The van der Waals surface area contributed by atoms with Crippen LogP contribution in [0.5, 0.6) is 5.75 Å². The monoisotopic (exact) mass is 319 g/mol. The van der Waals surface area contributed by atoms with Crippen molar-refractivity contribution in [1.82, 2.24) is 5.32 Å². The van der Waals surface area contributed by atoms with Gasteiger partial charge in [0.1, 0.15) is 5.75 Å². The molecular formula is C17H18ClNO3. The molecule has 0 aliphatic heterocycles. The van der Waals surface area contributed by atoms with E-state index in [1.807, 2.05) is 24.3 Å². The fourth-order valence-corrected chi connectivity index (χ4v) is 2.29. The fourth-order valence-electron chi connectivity index (χ4n) is 2.10. The van der Waals surface area contributed by atoms with Crippen LogP contribution in [-0.4, -0.2) is 26.7 Å². The first-order valence-corrected chi connectivity index (χ1v) is 7.22. The predicted molar refractivity (Wildman–Crippen MR) is 86.5 cm³/mol. The summed E-state index contributed by atoms with van der Waals surface area (Å²) in [6.45, 7) is 0.356. The van der Waals surface area contributed by atoms with Gasteiger partial charge >= 0.3 is 0 Å². The molecule has 116 valence electrons. The van der Waals surface area contributed by atoms with Crippen LogP contribution in [0.3, 0.4) is 0 Å². The van der Waals surface area contributed by atoms with Crippen LogP contribution in [0.2, 0.25) is 5.02 Å². The predicted octanol–water partition coefficient (Wildman–Crippen LogP) is 3.47. The third-order valence-electron chi connectivity index (χ3n) is 3.28. The van der Waals surface area contributed by atoms with Crippen molar-refractivity contribution in [1.29, 1.82) is 0 Å². The van der Waals surface area contributed by atoms with Gasteiger partial charge in [0.25, 0.3) is 5.91 Å². The van der Waals surface area contributed by atoms with Gasteiger partial charge in [0, 0.05) is 24.2 Å². The van der Waals surface area contributed by atoms with Crippen molar-refractivity contribution in [2.75, 3.05) is 20.8 Å². The van der Waals surface area contributed by atoms with E-state index < -0.39 is 0 Å². The van der Waals surface area contributed by atoms with Crippen molar-refractivity contribution >= 4 is 17.5 Å². The second-order valence-electron chi connectivity index (χ2n) is 4.72. The van der Waals surface area contributed by atoms with Gasteiger partial charge in [-0.2, -0.15) is 0 Å². The molecule has 1 amide bonds. The zero-order valence-corrected chi connectivity index (χ0v) is 13.3.